The van der Waals surface area contributed by atoms with E-state index in [-0.39, 0.29) is 29.2 Å². The van der Waals surface area contributed by atoms with Crippen molar-refractivity contribution in [2.24, 2.45) is 0 Å². The number of ether oxygens (including phenoxy) is 2. The van der Waals surface area contributed by atoms with E-state index in [1.807, 2.05) is 0 Å². The van der Waals surface area contributed by atoms with Crippen molar-refractivity contribution in [3.8, 4) is 22.8 Å². The maximum Gasteiger partial charge on any atom is 0.573 e. The minimum atomic E-state index is -4.89. The Morgan fingerprint density at radius 1 is 1.03 bits per heavy atom. The molecule has 3 aromatic rings. The van der Waals surface area contributed by atoms with E-state index in [2.05, 4.69) is 19.4 Å². The Labute approximate surface area is 176 Å². The number of rotatable bonds is 5. The van der Waals surface area contributed by atoms with Gasteiger partial charge in [0.1, 0.15) is 23.1 Å². The first-order chi connectivity index (χ1) is 15.1. The van der Waals surface area contributed by atoms with Gasteiger partial charge in [0.15, 0.2) is 0 Å². The number of hydrogen-bond donors (Lipinski definition) is 0. The largest absolute Gasteiger partial charge is 0.573 e. The van der Waals surface area contributed by atoms with Crippen molar-refractivity contribution in [2.45, 2.75) is 19.5 Å². The summed E-state index contributed by atoms with van der Waals surface area (Å²) in [4.78, 5) is 22.0. The number of amides is 1. The van der Waals surface area contributed by atoms with Crippen LogP contribution in [0.25, 0.3) is 11.3 Å². The van der Waals surface area contributed by atoms with E-state index in [0.29, 0.717) is 5.56 Å². The highest BCUT2D eigenvalue weighted by Gasteiger charge is 2.34. The minimum absolute atomic E-state index is 0.0369. The predicted octanol–water partition coefficient (Wildman–Crippen LogP) is 4.94. The van der Waals surface area contributed by atoms with Crippen molar-refractivity contribution >= 4 is 11.7 Å². The van der Waals surface area contributed by atoms with Gasteiger partial charge in [0, 0.05) is 29.0 Å². The molecule has 3 heterocycles. The third-order valence-electron chi connectivity index (χ3n) is 4.49. The van der Waals surface area contributed by atoms with Crippen LogP contribution in [0.15, 0.2) is 48.8 Å². The molecule has 166 valence electrons. The van der Waals surface area contributed by atoms with E-state index in [4.69, 9.17) is 0 Å². The normalized spacial score (nSPS) is 13.5. The molecule has 6 nitrogen and oxygen atoms in total. The fourth-order valence-electron chi connectivity index (χ4n) is 3.26. The van der Waals surface area contributed by atoms with E-state index in [0.717, 1.165) is 24.4 Å². The van der Waals surface area contributed by atoms with Crippen molar-refractivity contribution in [2.75, 3.05) is 4.90 Å². The summed E-state index contributed by atoms with van der Waals surface area (Å²) in [5.41, 5.74) is 0.673. The van der Waals surface area contributed by atoms with Crippen molar-refractivity contribution in [3.63, 3.8) is 0 Å². The van der Waals surface area contributed by atoms with Crippen molar-refractivity contribution in [3.05, 3.63) is 65.7 Å². The lowest BCUT2D eigenvalue weighted by molar-refractivity contribution is -0.274. The molecular formula is C20H11F6N3O3. The highest BCUT2D eigenvalue weighted by molar-refractivity contribution is 6.10. The van der Waals surface area contributed by atoms with Gasteiger partial charge in [0.2, 0.25) is 0 Å². The molecule has 0 saturated carbocycles. The molecule has 0 bridgehead atoms. The molecule has 0 unspecified atom stereocenters. The van der Waals surface area contributed by atoms with Crippen LogP contribution >= 0.6 is 0 Å². The maximum absolute atomic E-state index is 13.6. The van der Waals surface area contributed by atoms with Crippen LogP contribution in [-0.4, -0.2) is 28.8 Å². The number of nitrogens with zero attached hydrogens (tertiary/aromatic N) is 3. The number of halogens is 6. The van der Waals surface area contributed by atoms with Gasteiger partial charge in [-0.3, -0.25) is 14.7 Å². The minimum Gasteiger partial charge on any atom is -0.434 e. The zero-order chi connectivity index (χ0) is 23.0. The molecule has 1 aromatic carbocycles. The number of fused-ring (bicyclic) bond motifs is 1. The van der Waals surface area contributed by atoms with Crippen LogP contribution < -0.4 is 14.4 Å². The zero-order valence-electron chi connectivity index (χ0n) is 15.7. The summed E-state index contributed by atoms with van der Waals surface area (Å²) in [5.74, 6) is -2.32. The molecule has 0 saturated heterocycles. The Morgan fingerprint density at radius 2 is 1.81 bits per heavy atom. The Balaban J connectivity index is 1.68. The average Bonchev–Trinajstić information content (AvgIpc) is 3.04. The molecule has 4 rings (SSSR count). The highest BCUT2D eigenvalue weighted by Crippen LogP contribution is 2.38. The number of hydrogen-bond acceptors (Lipinski definition) is 5. The Morgan fingerprint density at radius 3 is 2.47 bits per heavy atom. The summed E-state index contributed by atoms with van der Waals surface area (Å²) in [7, 11) is 0. The van der Waals surface area contributed by atoms with Gasteiger partial charge in [0.25, 0.3) is 5.91 Å². The van der Waals surface area contributed by atoms with E-state index in [1.165, 1.54) is 29.3 Å². The number of pyridine rings is 2. The summed E-state index contributed by atoms with van der Waals surface area (Å²) < 4.78 is 84.3. The molecular weight excluding hydrogens is 444 g/mol. The van der Waals surface area contributed by atoms with E-state index < -0.39 is 36.2 Å². The smallest absolute Gasteiger partial charge is 0.434 e. The summed E-state index contributed by atoms with van der Waals surface area (Å²) in [6.45, 7) is -3.32. The molecule has 1 aliphatic heterocycles. The van der Waals surface area contributed by atoms with Gasteiger partial charge in [-0.15, -0.1) is 13.2 Å². The molecule has 0 aliphatic carbocycles. The first-order valence-corrected chi connectivity index (χ1v) is 8.88. The second-order valence-corrected chi connectivity index (χ2v) is 6.50. The van der Waals surface area contributed by atoms with Crippen LogP contribution in [0.2, 0.25) is 0 Å². The Bertz CT molecular complexity index is 1170. The van der Waals surface area contributed by atoms with Gasteiger partial charge in [-0.25, -0.2) is 9.37 Å². The summed E-state index contributed by atoms with van der Waals surface area (Å²) >= 11 is 0. The lowest BCUT2D eigenvalue weighted by Gasteiger charge is -2.16. The molecule has 0 radical (unpaired) electrons. The third kappa shape index (κ3) is 4.29. The van der Waals surface area contributed by atoms with Gasteiger partial charge in [0.05, 0.1) is 18.4 Å². The van der Waals surface area contributed by atoms with Crippen molar-refractivity contribution < 1.29 is 40.6 Å². The third-order valence-corrected chi connectivity index (χ3v) is 4.49. The van der Waals surface area contributed by atoms with Crippen LogP contribution in [0, 0.1) is 5.82 Å². The number of aromatic nitrogens is 2. The lowest BCUT2D eigenvalue weighted by Crippen LogP contribution is -2.24. The van der Waals surface area contributed by atoms with Crippen molar-refractivity contribution in [1.82, 2.24) is 9.97 Å². The SMILES string of the molecule is O=C1c2ccnc(-c3ccc(F)cc3OC(F)F)c2CN1c1ccc(OC(F)(F)F)cn1. The fraction of sp³-hybridized carbons (Fsp3) is 0.150. The number of carbonyl (C=O) groups excluding carboxylic acids is 1. The monoisotopic (exact) mass is 455 g/mol. The second-order valence-electron chi connectivity index (χ2n) is 6.50. The van der Waals surface area contributed by atoms with Crippen LogP contribution in [0.1, 0.15) is 15.9 Å². The standard InChI is InChI=1S/C20H11F6N3O3/c21-10-1-3-13(15(7-10)31-19(22)23)17-14-9-29(18(30)12(14)5-6-27-17)16-4-2-11(8-28-16)32-20(24,25)26/h1-8,19H,9H2. The van der Waals surface area contributed by atoms with Gasteiger partial charge >= 0.3 is 13.0 Å². The summed E-state index contributed by atoms with van der Waals surface area (Å²) in [6.07, 6.45) is -2.80. The molecule has 1 aliphatic rings. The molecule has 2 aromatic heterocycles. The van der Waals surface area contributed by atoms with Crippen LogP contribution in [0.5, 0.6) is 11.5 Å². The maximum atomic E-state index is 13.6. The Hall–Kier alpha value is -3.83. The summed E-state index contributed by atoms with van der Waals surface area (Å²) in [5, 5.41) is 0. The topological polar surface area (TPSA) is 64.5 Å². The molecule has 0 spiro atoms. The molecule has 1 amide bonds. The summed E-state index contributed by atoms with van der Waals surface area (Å²) in [6, 6.07) is 6.58. The van der Waals surface area contributed by atoms with Gasteiger partial charge in [-0.2, -0.15) is 8.78 Å². The van der Waals surface area contributed by atoms with Crippen LogP contribution in [-0.2, 0) is 6.54 Å². The number of anilines is 1. The lowest BCUT2D eigenvalue weighted by atomic mass is 10.0. The zero-order valence-corrected chi connectivity index (χ0v) is 15.7. The van der Waals surface area contributed by atoms with E-state index in [1.54, 1.807) is 0 Å². The second kappa shape index (κ2) is 8.02. The predicted molar refractivity (Wildman–Crippen MR) is 97.7 cm³/mol. The molecule has 0 atom stereocenters. The number of benzene rings is 1. The average molecular weight is 455 g/mol. The quantitative estimate of drug-likeness (QED) is 0.510. The van der Waals surface area contributed by atoms with Gasteiger partial charge < -0.3 is 9.47 Å². The van der Waals surface area contributed by atoms with Gasteiger partial charge in [-0.1, -0.05) is 0 Å². The highest BCUT2D eigenvalue weighted by atomic mass is 19.4. The first-order valence-electron chi connectivity index (χ1n) is 8.88. The van der Waals surface area contributed by atoms with E-state index in [9.17, 15) is 31.1 Å². The molecule has 32 heavy (non-hydrogen) atoms. The van der Waals surface area contributed by atoms with Gasteiger partial charge in [-0.05, 0) is 30.3 Å². The van der Waals surface area contributed by atoms with Crippen molar-refractivity contribution in [1.29, 1.82) is 0 Å². The molecule has 0 N–H and O–H groups in total. The van der Waals surface area contributed by atoms with E-state index >= 15 is 0 Å². The molecule has 12 heteroatoms. The Kier molecular flexibility index (Phi) is 5.36. The van der Waals surface area contributed by atoms with Crippen LogP contribution in [0.4, 0.5) is 32.2 Å². The first kappa shape index (κ1) is 21.4. The fourth-order valence-corrected chi connectivity index (χ4v) is 3.26. The number of alkyl halides is 5. The number of carbonyl (C=O) groups is 1. The molecule has 0 fully saturated rings. The van der Waals surface area contributed by atoms with Crippen LogP contribution in [0.3, 0.4) is 0 Å².